The van der Waals surface area contributed by atoms with Crippen LogP contribution in [0, 0.1) is 13.8 Å². The molecule has 0 aromatic heterocycles. The number of benzene rings is 2. The summed E-state index contributed by atoms with van der Waals surface area (Å²) in [6.07, 6.45) is 0.221. The molecule has 2 aromatic rings. The topological polar surface area (TPSA) is 42.0 Å². The normalized spacial score (nSPS) is 15.3. The van der Waals surface area contributed by atoms with Crippen LogP contribution in [0.3, 0.4) is 0 Å². The molecular weight excluding hydrogens is 352 g/mol. The number of hydrogen-bond donors (Lipinski definition) is 0. The number of anilines is 1. The van der Waals surface area contributed by atoms with Crippen molar-refractivity contribution in [3.63, 3.8) is 0 Å². The average molecular weight is 383 g/mol. The molecule has 2 aromatic carbocycles. The smallest absolute Gasteiger partial charge is 0.263 e. The standard InChI is InChI=1S/C23H30N2O3/c1-5-21(28-22-11-6-17(2)16-18(22)3)23(26)25-14-12-24(13-15-25)19-7-9-20(27-4)10-8-19/h6-11,16,21H,5,12-15H2,1-4H3/t21-/m1/s1. The van der Waals surface area contributed by atoms with Crippen molar-refractivity contribution in [1.82, 2.24) is 4.90 Å². The van der Waals surface area contributed by atoms with Crippen LogP contribution >= 0.6 is 0 Å². The Morgan fingerprint density at radius 1 is 1.04 bits per heavy atom. The lowest BCUT2D eigenvalue weighted by Gasteiger charge is -2.37. The van der Waals surface area contributed by atoms with Crippen molar-refractivity contribution in [2.75, 3.05) is 38.2 Å². The number of methoxy groups -OCH3 is 1. The number of piperazine rings is 1. The fraction of sp³-hybridized carbons (Fsp3) is 0.435. The van der Waals surface area contributed by atoms with Crippen LogP contribution in [-0.4, -0.2) is 50.2 Å². The van der Waals surface area contributed by atoms with Gasteiger partial charge in [-0.05, 0) is 56.2 Å². The van der Waals surface area contributed by atoms with Crippen LogP contribution in [-0.2, 0) is 4.79 Å². The van der Waals surface area contributed by atoms with Gasteiger partial charge in [-0.2, -0.15) is 0 Å². The molecule has 0 bridgehead atoms. The molecule has 1 aliphatic heterocycles. The first-order valence-electron chi connectivity index (χ1n) is 9.93. The van der Waals surface area contributed by atoms with E-state index in [9.17, 15) is 4.79 Å². The molecular formula is C23H30N2O3. The molecule has 1 aliphatic rings. The Morgan fingerprint density at radius 2 is 1.71 bits per heavy atom. The molecule has 0 aliphatic carbocycles. The van der Waals surface area contributed by atoms with E-state index < -0.39 is 6.10 Å². The summed E-state index contributed by atoms with van der Waals surface area (Å²) in [6.45, 7) is 9.12. The van der Waals surface area contributed by atoms with Crippen molar-refractivity contribution in [2.24, 2.45) is 0 Å². The monoisotopic (exact) mass is 382 g/mol. The fourth-order valence-electron chi connectivity index (χ4n) is 3.57. The zero-order valence-corrected chi connectivity index (χ0v) is 17.3. The van der Waals surface area contributed by atoms with Gasteiger partial charge in [0, 0.05) is 31.9 Å². The van der Waals surface area contributed by atoms with E-state index in [0.717, 1.165) is 35.8 Å². The summed E-state index contributed by atoms with van der Waals surface area (Å²) in [5.74, 6) is 1.73. The zero-order valence-electron chi connectivity index (χ0n) is 17.3. The van der Waals surface area contributed by atoms with Crippen LogP contribution in [0.1, 0.15) is 24.5 Å². The summed E-state index contributed by atoms with van der Waals surface area (Å²) in [6, 6.07) is 14.1. The molecule has 0 unspecified atom stereocenters. The molecule has 1 saturated heterocycles. The van der Waals surface area contributed by atoms with Gasteiger partial charge in [-0.25, -0.2) is 0 Å². The molecule has 150 valence electrons. The SMILES string of the molecule is CC[C@@H](Oc1ccc(C)cc1C)C(=O)N1CCN(c2ccc(OC)cc2)CC1. The van der Waals surface area contributed by atoms with Gasteiger partial charge in [-0.3, -0.25) is 4.79 Å². The molecule has 5 nitrogen and oxygen atoms in total. The zero-order chi connectivity index (χ0) is 20.1. The average Bonchev–Trinajstić information content (AvgIpc) is 2.73. The third kappa shape index (κ3) is 4.58. The number of rotatable bonds is 6. The highest BCUT2D eigenvalue weighted by molar-refractivity contribution is 5.81. The van der Waals surface area contributed by atoms with Gasteiger partial charge in [0.1, 0.15) is 11.5 Å². The van der Waals surface area contributed by atoms with Crippen molar-refractivity contribution >= 4 is 11.6 Å². The van der Waals surface area contributed by atoms with Gasteiger partial charge in [0.15, 0.2) is 6.10 Å². The number of nitrogens with zero attached hydrogens (tertiary/aromatic N) is 2. The van der Waals surface area contributed by atoms with E-state index in [-0.39, 0.29) is 5.91 Å². The summed E-state index contributed by atoms with van der Waals surface area (Å²) in [7, 11) is 1.67. The Hall–Kier alpha value is -2.69. The quantitative estimate of drug-likeness (QED) is 0.762. The third-order valence-corrected chi connectivity index (χ3v) is 5.27. The van der Waals surface area contributed by atoms with Gasteiger partial charge in [-0.15, -0.1) is 0 Å². The number of amides is 1. The molecule has 1 fully saturated rings. The van der Waals surface area contributed by atoms with E-state index in [1.165, 1.54) is 5.56 Å². The van der Waals surface area contributed by atoms with E-state index in [0.29, 0.717) is 19.5 Å². The number of ether oxygens (including phenoxy) is 2. The van der Waals surface area contributed by atoms with Crippen LogP contribution in [0.15, 0.2) is 42.5 Å². The molecule has 5 heteroatoms. The Labute approximate surface area is 167 Å². The maximum Gasteiger partial charge on any atom is 0.263 e. The minimum atomic E-state index is -0.436. The van der Waals surface area contributed by atoms with Gasteiger partial charge in [0.05, 0.1) is 7.11 Å². The first kappa shape index (κ1) is 20.1. The van der Waals surface area contributed by atoms with E-state index >= 15 is 0 Å². The highest BCUT2D eigenvalue weighted by Crippen LogP contribution is 2.23. The van der Waals surface area contributed by atoms with Crippen molar-refractivity contribution < 1.29 is 14.3 Å². The maximum atomic E-state index is 13.0. The highest BCUT2D eigenvalue weighted by atomic mass is 16.5. The van der Waals surface area contributed by atoms with Gasteiger partial charge in [0.2, 0.25) is 0 Å². The van der Waals surface area contributed by atoms with Gasteiger partial charge >= 0.3 is 0 Å². The Balaban J connectivity index is 1.59. The number of aryl methyl sites for hydroxylation is 2. The molecule has 0 radical (unpaired) electrons. The molecule has 0 saturated carbocycles. The van der Waals surface area contributed by atoms with E-state index in [4.69, 9.17) is 9.47 Å². The van der Waals surface area contributed by atoms with Crippen LogP contribution in [0.4, 0.5) is 5.69 Å². The third-order valence-electron chi connectivity index (χ3n) is 5.27. The van der Waals surface area contributed by atoms with Crippen molar-refractivity contribution in [3.8, 4) is 11.5 Å². The number of hydrogen-bond acceptors (Lipinski definition) is 4. The first-order valence-corrected chi connectivity index (χ1v) is 9.93. The number of carbonyl (C=O) groups is 1. The van der Waals surface area contributed by atoms with Crippen molar-refractivity contribution in [3.05, 3.63) is 53.6 Å². The van der Waals surface area contributed by atoms with Crippen molar-refractivity contribution in [2.45, 2.75) is 33.3 Å². The highest BCUT2D eigenvalue weighted by Gasteiger charge is 2.28. The van der Waals surface area contributed by atoms with Crippen molar-refractivity contribution in [1.29, 1.82) is 0 Å². The second kappa shape index (κ2) is 9.00. The Kier molecular flexibility index (Phi) is 6.45. The maximum absolute atomic E-state index is 13.0. The van der Waals surface area contributed by atoms with Crippen LogP contribution in [0.2, 0.25) is 0 Å². The summed E-state index contributed by atoms with van der Waals surface area (Å²) >= 11 is 0. The largest absolute Gasteiger partial charge is 0.497 e. The fourth-order valence-corrected chi connectivity index (χ4v) is 3.57. The minimum Gasteiger partial charge on any atom is -0.497 e. The molecule has 1 amide bonds. The molecule has 3 rings (SSSR count). The van der Waals surface area contributed by atoms with Crippen LogP contribution in [0.25, 0.3) is 0 Å². The lowest BCUT2D eigenvalue weighted by atomic mass is 10.1. The van der Waals surface area contributed by atoms with E-state index in [1.807, 2.05) is 43.0 Å². The predicted octanol–water partition coefficient (Wildman–Crippen LogP) is 3.82. The lowest BCUT2D eigenvalue weighted by Crippen LogP contribution is -2.52. The first-order chi connectivity index (χ1) is 13.5. The summed E-state index contributed by atoms with van der Waals surface area (Å²) < 4.78 is 11.3. The minimum absolute atomic E-state index is 0.0804. The Morgan fingerprint density at radius 3 is 2.29 bits per heavy atom. The second-order valence-corrected chi connectivity index (χ2v) is 7.29. The summed E-state index contributed by atoms with van der Waals surface area (Å²) in [5.41, 5.74) is 3.42. The molecule has 0 spiro atoms. The van der Waals surface area contributed by atoms with E-state index in [1.54, 1.807) is 7.11 Å². The second-order valence-electron chi connectivity index (χ2n) is 7.29. The molecule has 1 atom stereocenters. The van der Waals surface area contributed by atoms with E-state index in [2.05, 4.69) is 30.0 Å². The van der Waals surface area contributed by atoms with Gasteiger partial charge < -0.3 is 19.3 Å². The summed E-state index contributed by atoms with van der Waals surface area (Å²) in [4.78, 5) is 17.2. The Bertz CT molecular complexity index is 796. The van der Waals surface area contributed by atoms with Crippen LogP contribution in [0.5, 0.6) is 11.5 Å². The lowest BCUT2D eigenvalue weighted by molar-refractivity contribution is -0.139. The van der Waals surface area contributed by atoms with Crippen LogP contribution < -0.4 is 14.4 Å². The number of carbonyl (C=O) groups excluding carboxylic acids is 1. The van der Waals surface area contributed by atoms with Gasteiger partial charge in [-0.1, -0.05) is 24.6 Å². The summed E-state index contributed by atoms with van der Waals surface area (Å²) in [5, 5.41) is 0. The predicted molar refractivity (Wildman–Crippen MR) is 112 cm³/mol. The molecule has 1 heterocycles. The molecule has 28 heavy (non-hydrogen) atoms. The molecule has 0 N–H and O–H groups in total. The van der Waals surface area contributed by atoms with Gasteiger partial charge in [0.25, 0.3) is 5.91 Å².